The fourth-order valence-electron chi connectivity index (χ4n) is 5.98. The van der Waals surface area contributed by atoms with E-state index in [2.05, 4.69) is 33.0 Å². The van der Waals surface area contributed by atoms with Crippen molar-refractivity contribution in [1.82, 2.24) is 14.9 Å². The van der Waals surface area contributed by atoms with Gasteiger partial charge in [-0.1, -0.05) is 6.07 Å². The first-order chi connectivity index (χ1) is 17.2. The molecular formula is C29H34FN5. The number of H-pyrrole nitrogens is 1. The first kappa shape index (κ1) is 22.4. The molecule has 0 saturated carbocycles. The Bertz CT molecular complexity index is 1350. The number of aromatic amines is 1. The number of rotatable bonds is 6. The maximum absolute atomic E-state index is 13.6. The van der Waals surface area contributed by atoms with Crippen LogP contribution in [0.1, 0.15) is 42.5 Å². The van der Waals surface area contributed by atoms with Crippen LogP contribution >= 0.6 is 0 Å². The maximum atomic E-state index is 13.6. The molecule has 182 valence electrons. The molecule has 3 heterocycles. The highest BCUT2D eigenvalue weighted by Crippen LogP contribution is 2.37. The number of nitrogens with one attached hydrogen (secondary N) is 1. The van der Waals surface area contributed by atoms with Crippen LogP contribution in [-0.4, -0.2) is 47.6 Å². The fourth-order valence-corrected chi connectivity index (χ4v) is 5.98. The molecule has 1 fully saturated rings. The van der Waals surface area contributed by atoms with E-state index in [1.54, 1.807) is 6.07 Å². The van der Waals surface area contributed by atoms with E-state index in [-0.39, 0.29) is 5.82 Å². The molecule has 3 N–H and O–H groups in total. The number of nitrogens with zero attached hydrogens (tertiary/aromatic N) is 3. The number of anilines is 2. The van der Waals surface area contributed by atoms with Gasteiger partial charge in [0.25, 0.3) is 0 Å². The highest BCUT2D eigenvalue weighted by atomic mass is 19.1. The Hall–Kier alpha value is -3.12. The number of pyridine rings is 1. The Kier molecular flexibility index (Phi) is 6.06. The summed E-state index contributed by atoms with van der Waals surface area (Å²) in [4.78, 5) is 13.3. The van der Waals surface area contributed by atoms with Gasteiger partial charge in [-0.3, -0.25) is 9.88 Å². The van der Waals surface area contributed by atoms with Crippen molar-refractivity contribution >= 4 is 33.2 Å². The van der Waals surface area contributed by atoms with Gasteiger partial charge in [-0.2, -0.15) is 0 Å². The number of benzene rings is 2. The van der Waals surface area contributed by atoms with E-state index in [4.69, 9.17) is 10.7 Å². The Morgan fingerprint density at radius 1 is 1.00 bits per heavy atom. The predicted octanol–water partition coefficient (Wildman–Crippen LogP) is 5.46. The molecule has 6 heteroatoms. The molecule has 5 nitrogen and oxygen atoms in total. The highest BCUT2D eigenvalue weighted by molar-refractivity contribution is 6.02. The zero-order valence-electron chi connectivity index (χ0n) is 20.3. The molecule has 0 amide bonds. The second kappa shape index (κ2) is 9.50. The van der Waals surface area contributed by atoms with Gasteiger partial charge in [0.15, 0.2) is 0 Å². The van der Waals surface area contributed by atoms with Gasteiger partial charge < -0.3 is 15.6 Å². The molecule has 0 unspecified atom stereocenters. The first-order valence-corrected chi connectivity index (χ1v) is 13.1. The number of aryl methyl sites for hydroxylation is 2. The summed E-state index contributed by atoms with van der Waals surface area (Å²) in [6.07, 6.45) is 9.81. The van der Waals surface area contributed by atoms with E-state index in [0.717, 1.165) is 92.3 Å². The van der Waals surface area contributed by atoms with Gasteiger partial charge in [-0.15, -0.1) is 0 Å². The topological polar surface area (TPSA) is 61.2 Å². The Labute approximate surface area is 206 Å². The van der Waals surface area contributed by atoms with Crippen molar-refractivity contribution in [3.8, 4) is 0 Å². The molecule has 4 aromatic rings. The van der Waals surface area contributed by atoms with Crippen LogP contribution in [0.5, 0.6) is 0 Å². The minimum Gasteiger partial charge on any atom is -0.398 e. The van der Waals surface area contributed by atoms with Crippen LogP contribution in [0.15, 0.2) is 42.6 Å². The van der Waals surface area contributed by atoms with Crippen LogP contribution in [0.4, 0.5) is 15.8 Å². The minimum absolute atomic E-state index is 0.167. The molecule has 0 spiro atoms. The number of nitrogens with two attached hydrogens (primary N) is 1. The Balaban J connectivity index is 1.06. The van der Waals surface area contributed by atoms with E-state index in [1.165, 1.54) is 41.4 Å². The summed E-state index contributed by atoms with van der Waals surface area (Å²) >= 11 is 0. The number of aromatic nitrogens is 2. The molecule has 35 heavy (non-hydrogen) atoms. The van der Waals surface area contributed by atoms with E-state index < -0.39 is 0 Å². The second-order valence-corrected chi connectivity index (χ2v) is 10.1. The molecule has 2 aromatic carbocycles. The maximum Gasteiger partial charge on any atom is 0.123 e. The van der Waals surface area contributed by atoms with Crippen molar-refractivity contribution in [3.05, 3.63) is 65.2 Å². The van der Waals surface area contributed by atoms with Crippen LogP contribution in [0.2, 0.25) is 0 Å². The average molecular weight is 472 g/mol. The summed E-state index contributed by atoms with van der Waals surface area (Å²) in [5.74, 6) is -0.167. The van der Waals surface area contributed by atoms with Crippen molar-refractivity contribution in [1.29, 1.82) is 0 Å². The second-order valence-electron chi connectivity index (χ2n) is 10.1. The van der Waals surface area contributed by atoms with Crippen LogP contribution in [0, 0.1) is 5.82 Å². The predicted molar refractivity (Wildman–Crippen MR) is 143 cm³/mol. The smallest absolute Gasteiger partial charge is 0.123 e. The van der Waals surface area contributed by atoms with E-state index in [0.29, 0.717) is 0 Å². The lowest BCUT2D eigenvalue weighted by molar-refractivity contribution is 0.253. The summed E-state index contributed by atoms with van der Waals surface area (Å²) in [7, 11) is 0. The van der Waals surface area contributed by atoms with E-state index in [9.17, 15) is 4.39 Å². The molecular weight excluding hydrogens is 437 g/mol. The molecule has 2 aromatic heterocycles. The third-order valence-corrected chi connectivity index (χ3v) is 7.92. The molecule has 1 saturated heterocycles. The SMILES string of the molecule is Nc1c2c(nc3cccc(N4CCN(CCCCc5c[nH]c6ccc(F)cc56)CC4)c13)CCCC2. The summed E-state index contributed by atoms with van der Waals surface area (Å²) in [6, 6.07) is 11.4. The standard InChI is InChI=1S/C29H34FN5/c30-21-11-12-24-23(18-21)20(19-32-24)6-3-4-13-34-14-16-35(17-15-34)27-10-5-9-26-28(27)29(31)22-7-1-2-8-25(22)33-26/h5,9-12,18-19,32H,1-4,6-8,13-17H2,(H2,31,33). The summed E-state index contributed by atoms with van der Waals surface area (Å²) in [5, 5.41) is 2.17. The molecule has 1 aliphatic heterocycles. The molecule has 2 aliphatic rings. The normalized spacial score (nSPS) is 16.8. The van der Waals surface area contributed by atoms with Gasteiger partial charge in [0.05, 0.1) is 5.52 Å². The Morgan fingerprint density at radius 2 is 1.86 bits per heavy atom. The van der Waals surface area contributed by atoms with Crippen molar-refractivity contribution < 1.29 is 4.39 Å². The zero-order chi connectivity index (χ0) is 23.8. The molecule has 0 bridgehead atoms. The average Bonchev–Trinajstić information content (AvgIpc) is 3.29. The monoisotopic (exact) mass is 471 g/mol. The van der Waals surface area contributed by atoms with Gasteiger partial charge in [-0.05, 0) is 92.9 Å². The van der Waals surface area contributed by atoms with Crippen LogP contribution in [0.25, 0.3) is 21.8 Å². The quantitative estimate of drug-likeness (QED) is 0.367. The lowest BCUT2D eigenvalue weighted by atomic mass is 9.92. The molecule has 0 atom stereocenters. The number of halogens is 1. The zero-order valence-corrected chi connectivity index (χ0v) is 20.3. The summed E-state index contributed by atoms with van der Waals surface area (Å²) in [6.45, 7) is 5.26. The van der Waals surface area contributed by atoms with E-state index in [1.807, 2.05) is 12.3 Å². The minimum atomic E-state index is -0.167. The summed E-state index contributed by atoms with van der Waals surface area (Å²) in [5.41, 5.74) is 14.7. The first-order valence-electron chi connectivity index (χ1n) is 13.1. The Morgan fingerprint density at radius 3 is 2.74 bits per heavy atom. The van der Waals surface area contributed by atoms with Crippen molar-refractivity contribution in [3.63, 3.8) is 0 Å². The lowest BCUT2D eigenvalue weighted by Gasteiger charge is -2.37. The summed E-state index contributed by atoms with van der Waals surface area (Å²) < 4.78 is 13.6. The van der Waals surface area contributed by atoms with Gasteiger partial charge in [0.1, 0.15) is 5.82 Å². The number of hydrogen-bond acceptors (Lipinski definition) is 4. The van der Waals surface area contributed by atoms with Crippen LogP contribution in [0.3, 0.4) is 0 Å². The van der Waals surface area contributed by atoms with Crippen LogP contribution < -0.4 is 10.6 Å². The van der Waals surface area contributed by atoms with Gasteiger partial charge in [0, 0.05) is 65.7 Å². The number of nitrogen functional groups attached to an aromatic ring is 1. The molecule has 6 rings (SSSR count). The number of piperazine rings is 1. The largest absolute Gasteiger partial charge is 0.398 e. The highest BCUT2D eigenvalue weighted by Gasteiger charge is 2.22. The van der Waals surface area contributed by atoms with Crippen molar-refractivity contribution in [2.45, 2.75) is 44.9 Å². The van der Waals surface area contributed by atoms with Crippen molar-refractivity contribution in [2.75, 3.05) is 43.4 Å². The molecule has 1 aliphatic carbocycles. The number of unbranched alkanes of at least 4 members (excludes halogenated alkanes) is 1. The van der Waals surface area contributed by atoms with Crippen molar-refractivity contribution in [2.24, 2.45) is 0 Å². The van der Waals surface area contributed by atoms with Crippen LogP contribution in [-0.2, 0) is 19.3 Å². The fraction of sp³-hybridized carbons (Fsp3) is 0.414. The third-order valence-electron chi connectivity index (χ3n) is 7.92. The third kappa shape index (κ3) is 4.36. The van der Waals surface area contributed by atoms with Gasteiger partial charge in [-0.25, -0.2) is 4.39 Å². The number of fused-ring (bicyclic) bond motifs is 3. The number of hydrogen-bond donors (Lipinski definition) is 2. The lowest BCUT2D eigenvalue weighted by Crippen LogP contribution is -2.46. The van der Waals surface area contributed by atoms with Gasteiger partial charge >= 0.3 is 0 Å². The van der Waals surface area contributed by atoms with Gasteiger partial charge in [0.2, 0.25) is 0 Å². The molecule has 0 radical (unpaired) electrons. The van der Waals surface area contributed by atoms with E-state index >= 15 is 0 Å².